The molecule has 0 saturated carbocycles. The fourth-order valence-corrected chi connectivity index (χ4v) is 4.50. The Balaban J connectivity index is 1.92. The van der Waals surface area contributed by atoms with Crippen LogP contribution in [-0.2, 0) is 16.5 Å². The molecule has 0 aliphatic heterocycles. The molecule has 32 heavy (non-hydrogen) atoms. The van der Waals surface area contributed by atoms with Gasteiger partial charge in [-0.1, -0.05) is 36.4 Å². The van der Waals surface area contributed by atoms with Crippen LogP contribution in [0, 0.1) is 0 Å². The minimum Gasteiger partial charge on any atom is -0.397 e. The fraction of sp³-hybridized carbons (Fsp3) is 0.130. The van der Waals surface area contributed by atoms with Gasteiger partial charge < -0.3 is 16.2 Å². The van der Waals surface area contributed by atoms with Gasteiger partial charge in [0, 0.05) is 23.4 Å². The van der Waals surface area contributed by atoms with Crippen LogP contribution in [-0.4, -0.2) is 36.3 Å². The molecule has 0 heterocycles. The summed E-state index contributed by atoms with van der Waals surface area (Å²) in [5, 5.41) is 12.1. The summed E-state index contributed by atoms with van der Waals surface area (Å²) >= 11 is 0. The van der Waals surface area contributed by atoms with E-state index in [1.54, 1.807) is 30.3 Å². The van der Waals surface area contributed by atoms with Gasteiger partial charge in [-0.2, -0.15) is 8.42 Å². The first-order chi connectivity index (χ1) is 15.2. The van der Waals surface area contributed by atoms with E-state index < -0.39 is 32.3 Å². The molecule has 0 amide bonds. The number of nitrogens with two attached hydrogens (primary N) is 1. The van der Waals surface area contributed by atoms with Crippen LogP contribution < -0.4 is 11.1 Å². The molecule has 9 heteroatoms. The van der Waals surface area contributed by atoms with E-state index in [1.807, 2.05) is 6.07 Å². The van der Waals surface area contributed by atoms with E-state index in [9.17, 15) is 22.6 Å². The van der Waals surface area contributed by atoms with Crippen molar-refractivity contribution in [2.45, 2.75) is 17.7 Å². The number of aliphatic hydroxyl groups is 1. The molecule has 5 N–H and O–H groups in total. The molecule has 1 aliphatic rings. The Kier molecular flexibility index (Phi) is 5.55. The minimum absolute atomic E-state index is 0.0361. The number of nitrogen functional groups attached to an aromatic ring is 1. The summed E-state index contributed by atoms with van der Waals surface area (Å²) in [6.45, 7) is 0.0386. The Morgan fingerprint density at radius 2 is 1.56 bits per heavy atom. The third kappa shape index (κ3) is 3.77. The van der Waals surface area contributed by atoms with Crippen molar-refractivity contribution in [3.8, 4) is 0 Å². The Hall–Kier alpha value is -3.53. The molecule has 0 radical (unpaired) electrons. The first-order valence-electron chi connectivity index (χ1n) is 9.81. The molecule has 1 aliphatic carbocycles. The van der Waals surface area contributed by atoms with E-state index in [4.69, 9.17) is 10.8 Å². The van der Waals surface area contributed by atoms with Gasteiger partial charge in [0.15, 0.2) is 11.6 Å². The number of carbonyl (C=O) groups excluding carboxylic acids is 2. The molecule has 0 fully saturated rings. The summed E-state index contributed by atoms with van der Waals surface area (Å²) in [6.07, 6.45) is 1.18. The fourth-order valence-electron chi connectivity index (χ4n) is 3.85. The summed E-state index contributed by atoms with van der Waals surface area (Å²) in [7, 11) is -4.78. The number of aliphatic hydroxyl groups excluding tert-OH is 1. The lowest BCUT2D eigenvalue weighted by atomic mass is 9.82. The predicted molar refractivity (Wildman–Crippen MR) is 119 cm³/mol. The normalized spacial score (nSPS) is 12.9. The lowest BCUT2D eigenvalue weighted by Gasteiger charge is -2.23. The molecule has 164 valence electrons. The summed E-state index contributed by atoms with van der Waals surface area (Å²) in [5.41, 5.74) is 6.97. The van der Waals surface area contributed by atoms with E-state index in [2.05, 4.69) is 5.32 Å². The SMILES string of the molecule is Nc1c(S(=O)(=O)O)cc(Nc2cccc(CCCO)c2)c2c1C(=O)c1ccccc1C2=O. The Morgan fingerprint density at radius 1 is 0.906 bits per heavy atom. The molecule has 3 aromatic carbocycles. The lowest BCUT2D eigenvalue weighted by molar-refractivity contribution is 0.0980. The third-order valence-electron chi connectivity index (χ3n) is 5.31. The lowest BCUT2D eigenvalue weighted by Crippen LogP contribution is -2.25. The highest BCUT2D eigenvalue weighted by Crippen LogP contribution is 2.40. The topological polar surface area (TPSA) is 147 Å². The number of fused-ring (bicyclic) bond motifs is 2. The van der Waals surface area contributed by atoms with Crippen LogP contribution in [0.5, 0.6) is 0 Å². The smallest absolute Gasteiger partial charge is 0.296 e. The molecular weight excluding hydrogens is 432 g/mol. The number of nitrogens with one attached hydrogen (secondary N) is 1. The van der Waals surface area contributed by atoms with Crippen molar-refractivity contribution in [2.24, 2.45) is 0 Å². The molecule has 4 rings (SSSR count). The van der Waals surface area contributed by atoms with Crippen LogP contribution in [0.1, 0.15) is 43.8 Å². The predicted octanol–water partition coefficient (Wildman–Crippen LogP) is 2.96. The molecule has 0 saturated heterocycles. The van der Waals surface area contributed by atoms with Gasteiger partial charge in [0.05, 0.1) is 22.5 Å². The monoisotopic (exact) mass is 452 g/mol. The van der Waals surface area contributed by atoms with Gasteiger partial charge in [-0.3, -0.25) is 14.1 Å². The van der Waals surface area contributed by atoms with Crippen LogP contribution in [0.25, 0.3) is 0 Å². The highest BCUT2D eigenvalue weighted by atomic mass is 32.2. The van der Waals surface area contributed by atoms with E-state index >= 15 is 0 Å². The highest BCUT2D eigenvalue weighted by molar-refractivity contribution is 7.86. The second-order valence-corrected chi connectivity index (χ2v) is 8.81. The quantitative estimate of drug-likeness (QED) is 0.258. The summed E-state index contributed by atoms with van der Waals surface area (Å²) in [6, 6.07) is 14.4. The average Bonchev–Trinajstić information content (AvgIpc) is 2.76. The van der Waals surface area contributed by atoms with Gasteiger partial charge in [-0.15, -0.1) is 0 Å². The van der Waals surface area contributed by atoms with Crippen LogP contribution >= 0.6 is 0 Å². The first-order valence-corrected chi connectivity index (χ1v) is 11.3. The number of ketones is 2. The molecule has 0 atom stereocenters. The molecule has 8 nitrogen and oxygen atoms in total. The first kappa shape index (κ1) is 21.7. The van der Waals surface area contributed by atoms with Gasteiger partial charge in [0.1, 0.15) is 4.90 Å². The number of rotatable bonds is 6. The number of hydrogen-bond acceptors (Lipinski definition) is 7. The van der Waals surface area contributed by atoms with Gasteiger partial charge >= 0.3 is 0 Å². The number of aryl methyl sites for hydroxylation is 1. The van der Waals surface area contributed by atoms with Crippen LogP contribution in [0.3, 0.4) is 0 Å². The van der Waals surface area contributed by atoms with Crippen molar-refractivity contribution in [1.29, 1.82) is 0 Å². The zero-order valence-electron chi connectivity index (χ0n) is 16.8. The maximum Gasteiger partial charge on any atom is 0.296 e. The molecule has 0 spiro atoms. The van der Waals surface area contributed by atoms with Crippen LogP contribution in [0.15, 0.2) is 59.5 Å². The number of anilines is 3. The number of hydrogen-bond donors (Lipinski definition) is 4. The van der Waals surface area contributed by atoms with Gasteiger partial charge in [-0.25, -0.2) is 0 Å². The summed E-state index contributed by atoms with van der Waals surface area (Å²) in [5.74, 6) is -1.08. The van der Waals surface area contributed by atoms with Crippen molar-refractivity contribution in [3.63, 3.8) is 0 Å². The van der Waals surface area contributed by atoms with Gasteiger partial charge in [0.25, 0.3) is 10.1 Å². The molecular formula is C23H20N2O6S. The Morgan fingerprint density at radius 3 is 2.19 bits per heavy atom. The van der Waals surface area contributed by atoms with E-state index in [-0.39, 0.29) is 34.5 Å². The zero-order valence-corrected chi connectivity index (χ0v) is 17.6. The standard InChI is InChI=1S/C23H20N2O6S/c24-21-18(32(29,30)31)12-17(25-14-7-3-5-13(11-14)6-4-10-26)19-20(21)23(28)16-9-2-1-8-15(16)22(19)27/h1-3,5,7-9,11-12,25-26H,4,6,10,24H2,(H,29,30,31). The van der Waals surface area contributed by atoms with Crippen molar-refractivity contribution in [3.05, 3.63) is 82.4 Å². The van der Waals surface area contributed by atoms with Crippen LogP contribution in [0.2, 0.25) is 0 Å². The van der Waals surface area contributed by atoms with E-state index in [1.165, 1.54) is 12.1 Å². The van der Waals surface area contributed by atoms with Crippen molar-refractivity contribution in [2.75, 3.05) is 17.7 Å². The van der Waals surface area contributed by atoms with Crippen molar-refractivity contribution < 1.29 is 27.7 Å². The zero-order chi connectivity index (χ0) is 23.0. The maximum atomic E-state index is 13.3. The van der Waals surface area contributed by atoms with Gasteiger partial charge in [0.2, 0.25) is 0 Å². The number of carbonyl (C=O) groups is 2. The Labute approximate surface area is 184 Å². The second kappa shape index (κ2) is 8.19. The summed E-state index contributed by atoms with van der Waals surface area (Å²) in [4.78, 5) is 25.8. The average molecular weight is 452 g/mol. The van der Waals surface area contributed by atoms with Gasteiger partial charge in [-0.05, 0) is 36.6 Å². The molecule has 0 aromatic heterocycles. The molecule has 0 unspecified atom stereocenters. The van der Waals surface area contributed by atoms with E-state index in [0.717, 1.165) is 11.6 Å². The van der Waals surface area contributed by atoms with Crippen molar-refractivity contribution >= 4 is 38.7 Å². The second-order valence-electron chi connectivity index (χ2n) is 7.42. The molecule has 3 aromatic rings. The molecule has 0 bridgehead atoms. The maximum absolute atomic E-state index is 13.3. The van der Waals surface area contributed by atoms with Crippen molar-refractivity contribution in [1.82, 2.24) is 0 Å². The minimum atomic E-state index is -4.78. The summed E-state index contributed by atoms with van der Waals surface area (Å²) < 4.78 is 33.7. The van der Waals surface area contributed by atoms with Crippen LogP contribution in [0.4, 0.5) is 17.1 Å². The Bertz CT molecular complexity index is 1360. The van der Waals surface area contributed by atoms with E-state index in [0.29, 0.717) is 18.5 Å². The number of benzene rings is 3. The largest absolute Gasteiger partial charge is 0.397 e. The third-order valence-corrected chi connectivity index (χ3v) is 6.20. The highest BCUT2D eigenvalue weighted by Gasteiger charge is 2.36.